The molecule has 2 heterocycles. The zero-order valence-corrected chi connectivity index (χ0v) is 14.1. The highest BCUT2D eigenvalue weighted by atomic mass is 16.1. The SMILES string of the molecule is O=c1c2ccccc2cnn1CCN[C@H]1CCN(c2ccccc2)C1. The Balaban J connectivity index is 1.34. The number of anilines is 1. The number of aromatic nitrogens is 2. The van der Waals surface area contributed by atoms with Crippen LogP contribution in [-0.2, 0) is 6.54 Å². The fourth-order valence-electron chi connectivity index (χ4n) is 3.46. The first-order valence-electron chi connectivity index (χ1n) is 8.79. The van der Waals surface area contributed by atoms with Gasteiger partial charge in [0.15, 0.2) is 0 Å². The third-order valence-electron chi connectivity index (χ3n) is 4.83. The summed E-state index contributed by atoms with van der Waals surface area (Å²) in [6.45, 7) is 3.41. The van der Waals surface area contributed by atoms with Crippen molar-refractivity contribution >= 4 is 16.5 Å². The molecule has 0 saturated carbocycles. The molecule has 5 nitrogen and oxygen atoms in total. The maximum Gasteiger partial charge on any atom is 0.274 e. The van der Waals surface area contributed by atoms with Crippen molar-refractivity contribution < 1.29 is 0 Å². The molecule has 1 aliphatic heterocycles. The minimum absolute atomic E-state index is 0.0164. The van der Waals surface area contributed by atoms with Crippen LogP contribution in [0.3, 0.4) is 0 Å². The van der Waals surface area contributed by atoms with Crippen molar-refractivity contribution in [1.82, 2.24) is 15.1 Å². The number of benzene rings is 2. The lowest BCUT2D eigenvalue weighted by atomic mass is 10.2. The second kappa shape index (κ2) is 7.07. The normalized spacial score (nSPS) is 17.3. The van der Waals surface area contributed by atoms with Crippen molar-refractivity contribution in [3.8, 4) is 0 Å². The second-order valence-electron chi connectivity index (χ2n) is 6.48. The van der Waals surface area contributed by atoms with Crippen molar-refractivity contribution in [1.29, 1.82) is 0 Å². The van der Waals surface area contributed by atoms with E-state index in [0.717, 1.165) is 36.8 Å². The molecular weight excluding hydrogens is 312 g/mol. The Morgan fingerprint density at radius 1 is 1.08 bits per heavy atom. The van der Waals surface area contributed by atoms with Gasteiger partial charge in [-0.15, -0.1) is 0 Å². The van der Waals surface area contributed by atoms with Gasteiger partial charge in [0.05, 0.1) is 18.1 Å². The van der Waals surface area contributed by atoms with E-state index < -0.39 is 0 Å². The number of rotatable bonds is 5. The van der Waals surface area contributed by atoms with Crippen LogP contribution >= 0.6 is 0 Å². The summed E-state index contributed by atoms with van der Waals surface area (Å²) in [5.41, 5.74) is 1.26. The Morgan fingerprint density at radius 3 is 2.76 bits per heavy atom. The third kappa shape index (κ3) is 3.42. The monoisotopic (exact) mass is 334 g/mol. The molecule has 1 aromatic heterocycles. The molecule has 3 aromatic rings. The van der Waals surface area contributed by atoms with Gasteiger partial charge in [-0.3, -0.25) is 4.79 Å². The van der Waals surface area contributed by atoms with Gasteiger partial charge in [0.1, 0.15) is 0 Å². The largest absolute Gasteiger partial charge is 0.370 e. The summed E-state index contributed by atoms with van der Waals surface area (Å²) in [6.07, 6.45) is 2.89. The maximum atomic E-state index is 12.5. The van der Waals surface area contributed by atoms with E-state index in [2.05, 4.69) is 39.6 Å². The van der Waals surface area contributed by atoms with Gasteiger partial charge in [0, 0.05) is 36.7 Å². The number of fused-ring (bicyclic) bond motifs is 1. The minimum Gasteiger partial charge on any atom is -0.370 e. The summed E-state index contributed by atoms with van der Waals surface area (Å²) in [7, 11) is 0. The highest BCUT2D eigenvalue weighted by Crippen LogP contribution is 2.19. The van der Waals surface area contributed by atoms with E-state index in [1.54, 1.807) is 10.9 Å². The molecule has 1 fully saturated rings. The van der Waals surface area contributed by atoms with Crippen LogP contribution in [0, 0.1) is 0 Å². The average Bonchev–Trinajstić information content (AvgIpc) is 3.13. The highest BCUT2D eigenvalue weighted by molar-refractivity contribution is 5.80. The number of nitrogens with zero attached hydrogens (tertiary/aromatic N) is 3. The quantitative estimate of drug-likeness (QED) is 0.778. The van der Waals surface area contributed by atoms with Gasteiger partial charge in [0.25, 0.3) is 5.56 Å². The predicted octanol–water partition coefficient (Wildman–Crippen LogP) is 2.27. The summed E-state index contributed by atoms with van der Waals surface area (Å²) in [4.78, 5) is 14.9. The van der Waals surface area contributed by atoms with Crippen LogP contribution in [0.4, 0.5) is 5.69 Å². The van der Waals surface area contributed by atoms with E-state index in [9.17, 15) is 4.79 Å². The van der Waals surface area contributed by atoms with Gasteiger partial charge in [-0.25, -0.2) is 4.68 Å². The van der Waals surface area contributed by atoms with Crippen LogP contribution in [0.2, 0.25) is 0 Å². The number of nitrogens with one attached hydrogen (secondary N) is 1. The van der Waals surface area contributed by atoms with Gasteiger partial charge in [-0.05, 0) is 24.6 Å². The number of hydrogen-bond donors (Lipinski definition) is 1. The molecular formula is C20H22N4O. The van der Waals surface area contributed by atoms with Crippen molar-refractivity contribution in [2.24, 2.45) is 0 Å². The first kappa shape index (κ1) is 15.8. The standard InChI is InChI=1S/C20H22N4O/c25-20-19-9-5-4-6-16(19)14-22-24(20)13-11-21-17-10-12-23(15-17)18-7-2-1-3-8-18/h1-9,14,17,21H,10-13,15H2/t17-/m0/s1. The van der Waals surface area contributed by atoms with Gasteiger partial charge >= 0.3 is 0 Å². The Morgan fingerprint density at radius 2 is 1.88 bits per heavy atom. The molecule has 4 rings (SSSR count). The van der Waals surface area contributed by atoms with E-state index in [0.29, 0.717) is 12.6 Å². The van der Waals surface area contributed by atoms with E-state index in [-0.39, 0.29) is 5.56 Å². The Labute approximate surface area is 146 Å². The Bertz CT molecular complexity index is 906. The van der Waals surface area contributed by atoms with Crippen LogP contribution in [0.25, 0.3) is 10.8 Å². The van der Waals surface area contributed by atoms with Crippen LogP contribution < -0.4 is 15.8 Å². The number of hydrogen-bond acceptors (Lipinski definition) is 4. The highest BCUT2D eigenvalue weighted by Gasteiger charge is 2.21. The van der Waals surface area contributed by atoms with E-state index in [1.165, 1.54) is 5.69 Å². The van der Waals surface area contributed by atoms with Gasteiger partial charge < -0.3 is 10.2 Å². The van der Waals surface area contributed by atoms with Crippen molar-refractivity contribution in [2.45, 2.75) is 19.0 Å². The topological polar surface area (TPSA) is 50.2 Å². The Hall–Kier alpha value is -2.66. The van der Waals surface area contributed by atoms with E-state index in [4.69, 9.17) is 0 Å². The molecule has 1 atom stereocenters. The van der Waals surface area contributed by atoms with Crippen LogP contribution in [0.15, 0.2) is 65.6 Å². The molecule has 0 bridgehead atoms. The lowest BCUT2D eigenvalue weighted by Gasteiger charge is -2.19. The molecule has 0 amide bonds. The fourth-order valence-corrected chi connectivity index (χ4v) is 3.46. The molecule has 0 aliphatic carbocycles. The summed E-state index contributed by atoms with van der Waals surface area (Å²) in [5, 5.41) is 9.48. The zero-order chi connectivity index (χ0) is 17.1. The summed E-state index contributed by atoms with van der Waals surface area (Å²) in [5.74, 6) is 0. The lowest BCUT2D eigenvalue weighted by Crippen LogP contribution is -2.36. The molecule has 0 radical (unpaired) electrons. The van der Waals surface area contributed by atoms with E-state index in [1.807, 2.05) is 30.3 Å². The molecule has 5 heteroatoms. The maximum absolute atomic E-state index is 12.5. The van der Waals surface area contributed by atoms with E-state index >= 15 is 0 Å². The minimum atomic E-state index is -0.0164. The van der Waals surface area contributed by atoms with Gasteiger partial charge in [0.2, 0.25) is 0 Å². The van der Waals surface area contributed by atoms with Crippen molar-refractivity contribution in [3.05, 3.63) is 71.1 Å². The van der Waals surface area contributed by atoms with Gasteiger partial charge in [-0.1, -0.05) is 36.4 Å². The second-order valence-corrected chi connectivity index (χ2v) is 6.48. The molecule has 1 aliphatic rings. The average molecular weight is 334 g/mol. The lowest BCUT2D eigenvalue weighted by molar-refractivity contribution is 0.487. The zero-order valence-electron chi connectivity index (χ0n) is 14.1. The van der Waals surface area contributed by atoms with Crippen molar-refractivity contribution in [3.63, 3.8) is 0 Å². The number of para-hydroxylation sites is 1. The molecule has 1 N–H and O–H groups in total. The Kier molecular flexibility index (Phi) is 4.48. The molecule has 25 heavy (non-hydrogen) atoms. The summed E-state index contributed by atoms with van der Waals surface area (Å²) in [6, 6.07) is 18.6. The first-order chi connectivity index (χ1) is 12.3. The molecule has 0 unspecified atom stereocenters. The van der Waals surface area contributed by atoms with Crippen LogP contribution in [0.5, 0.6) is 0 Å². The summed E-state index contributed by atoms with van der Waals surface area (Å²) < 4.78 is 1.55. The smallest absolute Gasteiger partial charge is 0.274 e. The third-order valence-corrected chi connectivity index (χ3v) is 4.83. The van der Waals surface area contributed by atoms with Crippen molar-refractivity contribution in [2.75, 3.05) is 24.5 Å². The first-order valence-corrected chi connectivity index (χ1v) is 8.79. The molecule has 2 aromatic carbocycles. The fraction of sp³-hybridized carbons (Fsp3) is 0.300. The predicted molar refractivity (Wildman–Crippen MR) is 101 cm³/mol. The molecule has 1 saturated heterocycles. The molecule has 0 spiro atoms. The molecule has 128 valence electrons. The van der Waals surface area contributed by atoms with Gasteiger partial charge in [-0.2, -0.15) is 5.10 Å². The van der Waals surface area contributed by atoms with Crippen LogP contribution in [0.1, 0.15) is 6.42 Å². The van der Waals surface area contributed by atoms with Crippen LogP contribution in [-0.4, -0.2) is 35.5 Å². The summed E-state index contributed by atoms with van der Waals surface area (Å²) >= 11 is 0.